The van der Waals surface area contributed by atoms with E-state index in [1.54, 1.807) is 0 Å². The predicted octanol–water partition coefficient (Wildman–Crippen LogP) is 2.57. The van der Waals surface area contributed by atoms with Crippen molar-refractivity contribution in [1.82, 2.24) is 9.61 Å². The second-order valence-electron chi connectivity index (χ2n) is 3.68. The minimum absolute atomic E-state index is 1.12. The quantitative estimate of drug-likeness (QED) is 0.600. The molecule has 0 aliphatic rings. The Morgan fingerprint density at radius 2 is 1.77 bits per heavy atom. The minimum Gasteiger partial charge on any atom is -0.240 e. The van der Waals surface area contributed by atoms with E-state index in [-0.39, 0.29) is 0 Å². The largest absolute Gasteiger partial charge is 0.240 e. The van der Waals surface area contributed by atoms with Gasteiger partial charge in [0.05, 0.1) is 11.2 Å². The van der Waals surface area contributed by atoms with Crippen molar-refractivity contribution < 1.29 is 0 Å². The molecule has 0 saturated carbocycles. The van der Waals surface area contributed by atoms with Gasteiger partial charge in [-0.05, 0) is 50.5 Å². The van der Waals surface area contributed by atoms with Crippen LogP contribution < -0.4 is 0 Å². The number of aryl methyl sites for hydroxylation is 4. The van der Waals surface area contributed by atoms with Gasteiger partial charge in [-0.1, -0.05) is 0 Å². The summed E-state index contributed by atoms with van der Waals surface area (Å²) in [6.45, 7) is 8.41. The van der Waals surface area contributed by atoms with Crippen molar-refractivity contribution in [2.24, 2.45) is 0 Å². The van der Waals surface area contributed by atoms with Gasteiger partial charge < -0.3 is 0 Å². The van der Waals surface area contributed by atoms with Crippen LogP contribution in [0.4, 0.5) is 0 Å². The number of aromatic nitrogens is 2. The first-order chi connectivity index (χ1) is 6.09. The Morgan fingerprint density at radius 3 is 2.46 bits per heavy atom. The van der Waals surface area contributed by atoms with E-state index in [2.05, 4.69) is 38.1 Å². The molecule has 0 unspecified atom stereocenters. The van der Waals surface area contributed by atoms with E-state index >= 15 is 0 Å². The highest BCUT2D eigenvalue weighted by Crippen LogP contribution is 2.17. The van der Waals surface area contributed by atoms with Gasteiger partial charge >= 0.3 is 0 Å². The van der Waals surface area contributed by atoms with Crippen LogP contribution in [-0.4, -0.2) is 9.61 Å². The van der Waals surface area contributed by atoms with Crippen LogP contribution in [0, 0.1) is 27.7 Å². The fourth-order valence-corrected chi connectivity index (χ4v) is 1.52. The summed E-state index contributed by atoms with van der Waals surface area (Å²) in [7, 11) is 0. The molecule has 0 atom stereocenters. The third-order valence-electron chi connectivity index (χ3n) is 2.72. The summed E-state index contributed by atoms with van der Waals surface area (Å²) in [6.07, 6.45) is 2.09. The molecule has 0 amide bonds. The molecule has 13 heavy (non-hydrogen) atoms. The van der Waals surface area contributed by atoms with Crippen molar-refractivity contribution in [3.63, 3.8) is 0 Å². The Hall–Kier alpha value is -1.31. The molecule has 0 N–H and O–H groups in total. The number of nitrogens with zero attached hydrogens (tertiary/aromatic N) is 2. The third-order valence-corrected chi connectivity index (χ3v) is 2.72. The maximum absolute atomic E-state index is 4.43. The zero-order valence-corrected chi connectivity index (χ0v) is 8.55. The summed E-state index contributed by atoms with van der Waals surface area (Å²) in [5.74, 6) is 0. The van der Waals surface area contributed by atoms with Gasteiger partial charge in [-0.25, -0.2) is 4.52 Å². The maximum atomic E-state index is 4.43. The van der Waals surface area contributed by atoms with Crippen LogP contribution in [0.3, 0.4) is 0 Å². The molecule has 2 rings (SSSR count). The number of hydrogen-bond donors (Lipinski definition) is 0. The molecule has 2 heterocycles. The van der Waals surface area contributed by atoms with E-state index in [4.69, 9.17) is 0 Å². The van der Waals surface area contributed by atoms with Crippen molar-refractivity contribution in [1.29, 1.82) is 0 Å². The lowest BCUT2D eigenvalue weighted by Crippen LogP contribution is -1.90. The van der Waals surface area contributed by atoms with Gasteiger partial charge in [-0.15, -0.1) is 0 Å². The molecule has 2 nitrogen and oxygen atoms in total. The van der Waals surface area contributed by atoms with Crippen LogP contribution in [0.2, 0.25) is 0 Å². The lowest BCUT2D eigenvalue weighted by molar-refractivity contribution is 0.922. The summed E-state index contributed by atoms with van der Waals surface area (Å²) in [4.78, 5) is 0. The van der Waals surface area contributed by atoms with Gasteiger partial charge in [0.15, 0.2) is 0 Å². The average molecular weight is 174 g/mol. The van der Waals surface area contributed by atoms with Crippen molar-refractivity contribution in [2.45, 2.75) is 27.7 Å². The van der Waals surface area contributed by atoms with Crippen LogP contribution >= 0.6 is 0 Å². The number of pyridine rings is 1. The lowest BCUT2D eigenvalue weighted by atomic mass is 10.1. The third kappa shape index (κ3) is 1.13. The van der Waals surface area contributed by atoms with E-state index in [1.807, 2.05) is 11.4 Å². The first-order valence-electron chi connectivity index (χ1n) is 4.52. The SMILES string of the molecule is Cc1cc2c(C)c(C)nn2cc1C. The van der Waals surface area contributed by atoms with E-state index in [9.17, 15) is 0 Å². The Kier molecular flexibility index (Phi) is 1.65. The Morgan fingerprint density at radius 1 is 1.08 bits per heavy atom. The van der Waals surface area contributed by atoms with Crippen molar-refractivity contribution in [3.05, 3.63) is 34.6 Å². The van der Waals surface area contributed by atoms with E-state index in [0.29, 0.717) is 0 Å². The summed E-state index contributed by atoms with van der Waals surface area (Å²) in [5, 5.41) is 4.43. The van der Waals surface area contributed by atoms with E-state index in [0.717, 1.165) is 5.69 Å². The summed E-state index contributed by atoms with van der Waals surface area (Å²) in [6, 6.07) is 2.20. The predicted molar refractivity (Wildman–Crippen MR) is 54.1 cm³/mol. The second kappa shape index (κ2) is 2.59. The number of fused-ring (bicyclic) bond motifs is 1. The standard InChI is InChI=1S/C11H14N2/c1-7-5-11-9(3)10(4)12-13(11)6-8(7)2/h5-6H,1-4H3. The molecule has 0 radical (unpaired) electrons. The van der Waals surface area contributed by atoms with Gasteiger partial charge in [-0.3, -0.25) is 0 Å². The van der Waals surface area contributed by atoms with Crippen LogP contribution in [0.15, 0.2) is 12.3 Å². The Bertz CT molecular complexity index is 466. The van der Waals surface area contributed by atoms with Gasteiger partial charge in [0.1, 0.15) is 0 Å². The molecule has 0 bridgehead atoms. The molecule has 2 heteroatoms. The normalized spacial score (nSPS) is 11.1. The first kappa shape index (κ1) is 8.30. The molecule has 0 fully saturated rings. The molecule has 0 aliphatic heterocycles. The zero-order valence-electron chi connectivity index (χ0n) is 8.55. The monoisotopic (exact) mass is 174 g/mol. The van der Waals surface area contributed by atoms with Gasteiger partial charge in [0, 0.05) is 6.20 Å². The Balaban J connectivity index is 2.89. The van der Waals surface area contributed by atoms with Crippen molar-refractivity contribution in [3.8, 4) is 0 Å². The Labute approximate surface area is 78.2 Å². The average Bonchev–Trinajstić information content (AvgIpc) is 2.32. The highest BCUT2D eigenvalue weighted by atomic mass is 15.2. The first-order valence-corrected chi connectivity index (χ1v) is 4.52. The molecular weight excluding hydrogens is 160 g/mol. The van der Waals surface area contributed by atoms with Crippen LogP contribution in [0.1, 0.15) is 22.4 Å². The van der Waals surface area contributed by atoms with Crippen molar-refractivity contribution in [2.75, 3.05) is 0 Å². The highest BCUT2D eigenvalue weighted by Gasteiger charge is 2.05. The van der Waals surface area contributed by atoms with E-state index < -0.39 is 0 Å². The van der Waals surface area contributed by atoms with Gasteiger partial charge in [0.2, 0.25) is 0 Å². The lowest BCUT2D eigenvalue weighted by Gasteiger charge is -2.00. The molecule has 2 aromatic rings. The van der Waals surface area contributed by atoms with Crippen LogP contribution in [-0.2, 0) is 0 Å². The van der Waals surface area contributed by atoms with E-state index in [1.165, 1.54) is 22.2 Å². The van der Waals surface area contributed by atoms with Crippen LogP contribution in [0.5, 0.6) is 0 Å². The molecule has 0 saturated heterocycles. The molecule has 0 spiro atoms. The van der Waals surface area contributed by atoms with Gasteiger partial charge in [-0.2, -0.15) is 5.10 Å². The summed E-state index contributed by atoms with van der Waals surface area (Å²) >= 11 is 0. The highest BCUT2D eigenvalue weighted by molar-refractivity contribution is 5.57. The number of rotatable bonds is 0. The molecule has 0 aromatic carbocycles. The van der Waals surface area contributed by atoms with Crippen LogP contribution in [0.25, 0.3) is 5.52 Å². The topological polar surface area (TPSA) is 17.3 Å². The minimum atomic E-state index is 1.12. The smallest absolute Gasteiger partial charge is 0.0696 e. The molecule has 68 valence electrons. The molecular formula is C11H14N2. The summed E-state index contributed by atoms with van der Waals surface area (Å²) < 4.78 is 1.97. The van der Waals surface area contributed by atoms with Crippen molar-refractivity contribution >= 4 is 5.52 Å². The second-order valence-corrected chi connectivity index (χ2v) is 3.68. The zero-order chi connectivity index (χ0) is 9.59. The fourth-order valence-electron chi connectivity index (χ4n) is 1.52. The molecule has 0 aliphatic carbocycles. The fraction of sp³-hybridized carbons (Fsp3) is 0.364. The maximum Gasteiger partial charge on any atom is 0.0696 e. The van der Waals surface area contributed by atoms with Gasteiger partial charge in [0.25, 0.3) is 0 Å². The molecule has 2 aromatic heterocycles. The number of hydrogen-bond acceptors (Lipinski definition) is 1. The summed E-state index contributed by atoms with van der Waals surface area (Å²) in [5.41, 5.74) is 6.24.